The molecular weight excluding hydrogens is 229 g/mol. The van der Waals surface area contributed by atoms with Crippen molar-refractivity contribution < 1.29 is 9.18 Å². The molecule has 0 aliphatic carbocycles. The Morgan fingerprint density at radius 1 is 1.56 bits per heavy atom. The Balaban J connectivity index is 2.08. The van der Waals surface area contributed by atoms with Gasteiger partial charge in [0, 0.05) is 6.42 Å². The Morgan fingerprint density at radius 2 is 2.38 bits per heavy atom. The Hall–Kier alpha value is -0.930. The van der Waals surface area contributed by atoms with Crippen LogP contribution in [0.1, 0.15) is 18.4 Å². The molecule has 1 aliphatic rings. The van der Waals surface area contributed by atoms with Crippen LogP contribution in [0.3, 0.4) is 0 Å². The van der Waals surface area contributed by atoms with Crippen LogP contribution in [-0.2, 0) is 11.2 Å². The molecule has 1 aromatic carbocycles. The maximum atomic E-state index is 13.5. The molecule has 1 heterocycles. The normalized spacial score (nSPS) is 20.0. The molecule has 1 fully saturated rings. The first-order valence-corrected chi connectivity index (χ1v) is 5.75. The van der Waals surface area contributed by atoms with Crippen molar-refractivity contribution >= 4 is 17.4 Å². The number of ketones is 1. The number of rotatable bonds is 3. The molecule has 1 unspecified atom stereocenters. The van der Waals surface area contributed by atoms with Crippen molar-refractivity contribution in [3.63, 3.8) is 0 Å². The summed E-state index contributed by atoms with van der Waals surface area (Å²) in [6, 6.07) is 4.64. The lowest BCUT2D eigenvalue weighted by atomic mass is 10.0. The van der Waals surface area contributed by atoms with E-state index in [4.69, 9.17) is 11.6 Å². The molecule has 0 aromatic heterocycles. The lowest BCUT2D eigenvalue weighted by Crippen LogP contribution is -2.32. The summed E-state index contributed by atoms with van der Waals surface area (Å²) in [5, 5.41) is 3.18. The second-order valence-electron chi connectivity index (χ2n) is 4.00. The van der Waals surface area contributed by atoms with Crippen LogP contribution in [-0.4, -0.2) is 18.4 Å². The third-order valence-corrected chi connectivity index (χ3v) is 3.14. The molecule has 1 atom stereocenters. The maximum Gasteiger partial charge on any atom is 0.154 e. The molecule has 0 bridgehead atoms. The van der Waals surface area contributed by atoms with Crippen molar-refractivity contribution in [3.8, 4) is 0 Å². The quantitative estimate of drug-likeness (QED) is 0.880. The molecule has 4 heteroatoms. The minimum Gasteiger partial charge on any atom is -0.307 e. The number of nitrogens with one attached hydrogen (secondary N) is 1. The van der Waals surface area contributed by atoms with Crippen molar-refractivity contribution in [3.05, 3.63) is 34.6 Å². The summed E-state index contributed by atoms with van der Waals surface area (Å²) in [6.45, 7) is 0.869. The zero-order valence-electron chi connectivity index (χ0n) is 8.80. The van der Waals surface area contributed by atoms with Gasteiger partial charge in [0.15, 0.2) is 5.78 Å². The van der Waals surface area contributed by atoms with Crippen molar-refractivity contribution in [2.75, 3.05) is 6.54 Å². The molecule has 1 saturated heterocycles. The fraction of sp³-hybridized carbons (Fsp3) is 0.417. The average Bonchev–Trinajstić information content (AvgIpc) is 2.78. The van der Waals surface area contributed by atoms with Gasteiger partial charge in [-0.05, 0) is 31.0 Å². The molecule has 0 spiro atoms. The van der Waals surface area contributed by atoms with E-state index in [0.717, 1.165) is 19.4 Å². The van der Waals surface area contributed by atoms with Gasteiger partial charge in [-0.25, -0.2) is 4.39 Å². The van der Waals surface area contributed by atoms with Gasteiger partial charge in [0.05, 0.1) is 11.1 Å². The van der Waals surface area contributed by atoms with E-state index < -0.39 is 5.82 Å². The standard InChI is InChI=1S/C12H13ClFNO/c13-9-4-1-3-8(12(9)14)7-11(16)10-5-2-6-15-10/h1,3-4,10,15H,2,5-7H2. The second kappa shape index (κ2) is 4.93. The van der Waals surface area contributed by atoms with Crippen LogP contribution < -0.4 is 5.32 Å². The Bertz CT molecular complexity index is 402. The summed E-state index contributed by atoms with van der Waals surface area (Å²) in [5.74, 6) is -0.436. The van der Waals surface area contributed by atoms with E-state index in [9.17, 15) is 9.18 Å². The molecule has 1 N–H and O–H groups in total. The zero-order valence-corrected chi connectivity index (χ0v) is 9.56. The van der Waals surface area contributed by atoms with Gasteiger partial charge in [-0.3, -0.25) is 4.79 Å². The van der Waals surface area contributed by atoms with Crippen LogP contribution >= 0.6 is 11.6 Å². The van der Waals surface area contributed by atoms with Crippen molar-refractivity contribution in [2.45, 2.75) is 25.3 Å². The average molecular weight is 242 g/mol. The number of benzene rings is 1. The van der Waals surface area contributed by atoms with Gasteiger partial charge >= 0.3 is 0 Å². The SMILES string of the molecule is O=C(Cc1cccc(Cl)c1F)C1CCCN1. The summed E-state index contributed by atoms with van der Waals surface area (Å²) in [4.78, 5) is 11.8. The summed E-state index contributed by atoms with van der Waals surface area (Å²) in [6.07, 6.45) is 1.97. The smallest absolute Gasteiger partial charge is 0.154 e. The predicted molar refractivity (Wildman–Crippen MR) is 61.1 cm³/mol. The molecule has 2 rings (SSSR count). The number of hydrogen-bond donors (Lipinski definition) is 1. The van der Waals surface area contributed by atoms with Gasteiger partial charge in [-0.2, -0.15) is 0 Å². The largest absolute Gasteiger partial charge is 0.307 e. The number of carbonyl (C=O) groups is 1. The molecule has 0 radical (unpaired) electrons. The van der Waals surface area contributed by atoms with Crippen LogP contribution in [0, 0.1) is 5.82 Å². The minimum absolute atomic E-state index is 0.0404. The lowest BCUT2D eigenvalue weighted by molar-refractivity contribution is -0.120. The number of Topliss-reactive ketones (excluding diaryl/α,β-unsaturated/α-hetero) is 1. The van der Waals surface area contributed by atoms with Gasteiger partial charge < -0.3 is 5.32 Å². The topological polar surface area (TPSA) is 29.1 Å². The highest BCUT2D eigenvalue weighted by Gasteiger charge is 2.23. The van der Waals surface area contributed by atoms with Crippen molar-refractivity contribution in [1.29, 1.82) is 0 Å². The second-order valence-corrected chi connectivity index (χ2v) is 4.41. The first-order chi connectivity index (χ1) is 7.68. The Morgan fingerprint density at radius 3 is 3.06 bits per heavy atom. The maximum absolute atomic E-state index is 13.5. The Kier molecular flexibility index (Phi) is 3.56. The molecule has 0 saturated carbocycles. The molecular formula is C12H13ClFNO. The molecule has 86 valence electrons. The number of hydrogen-bond acceptors (Lipinski definition) is 2. The molecule has 2 nitrogen and oxygen atoms in total. The number of halogens is 2. The van der Waals surface area contributed by atoms with Gasteiger partial charge in [0.2, 0.25) is 0 Å². The third kappa shape index (κ3) is 2.42. The van der Waals surface area contributed by atoms with Gasteiger partial charge in [-0.1, -0.05) is 23.7 Å². The minimum atomic E-state index is -0.476. The van der Waals surface area contributed by atoms with E-state index in [2.05, 4.69) is 5.32 Å². The summed E-state index contributed by atoms with van der Waals surface area (Å²) >= 11 is 5.66. The van der Waals surface area contributed by atoms with Gasteiger partial charge in [0.25, 0.3) is 0 Å². The van der Waals surface area contributed by atoms with Crippen LogP contribution in [0.2, 0.25) is 5.02 Å². The summed E-state index contributed by atoms with van der Waals surface area (Å²) < 4.78 is 13.5. The van der Waals surface area contributed by atoms with Crippen LogP contribution in [0.15, 0.2) is 18.2 Å². The highest BCUT2D eigenvalue weighted by atomic mass is 35.5. The van der Waals surface area contributed by atoms with E-state index in [1.165, 1.54) is 6.07 Å². The van der Waals surface area contributed by atoms with E-state index in [1.807, 2.05) is 0 Å². The van der Waals surface area contributed by atoms with Crippen LogP contribution in [0.5, 0.6) is 0 Å². The lowest BCUT2D eigenvalue weighted by Gasteiger charge is -2.09. The highest BCUT2D eigenvalue weighted by Crippen LogP contribution is 2.19. The third-order valence-electron chi connectivity index (χ3n) is 2.85. The molecule has 0 amide bonds. The predicted octanol–water partition coefficient (Wildman–Crippen LogP) is 2.34. The van der Waals surface area contributed by atoms with E-state index in [-0.39, 0.29) is 23.3 Å². The van der Waals surface area contributed by atoms with Crippen molar-refractivity contribution in [1.82, 2.24) is 5.32 Å². The van der Waals surface area contributed by atoms with Crippen molar-refractivity contribution in [2.24, 2.45) is 0 Å². The van der Waals surface area contributed by atoms with Crippen LogP contribution in [0.4, 0.5) is 4.39 Å². The van der Waals surface area contributed by atoms with Gasteiger partial charge in [-0.15, -0.1) is 0 Å². The van der Waals surface area contributed by atoms with E-state index in [1.54, 1.807) is 12.1 Å². The highest BCUT2D eigenvalue weighted by molar-refractivity contribution is 6.30. The van der Waals surface area contributed by atoms with Crippen LogP contribution in [0.25, 0.3) is 0 Å². The van der Waals surface area contributed by atoms with E-state index >= 15 is 0 Å². The number of carbonyl (C=O) groups excluding carboxylic acids is 1. The monoisotopic (exact) mass is 241 g/mol. The van der Waals surface area contributed by atoms with E-state index in [0.29, 0.717) is 5.56 Å². The fourth-order valence-corrected chi connectivity index (χ4v) is 2.15. The van der Waals surface area contributed by atoms with Gasteiger partial charge in [0.1, 0.15) is 5.82 Å². The first kappa shape index (κ1) is 11.6. The molecule has 1 aliphatic heterocycles. The Labute approximate surface area is 98.8 Å². The summed E-state index contributed by atoms with van der Waals surface area (Å²) in [7, 11) is 0. The molecule has 16 heavy (non-hydrogen) atoms. The first-order valence-electron chi connectivity index (χ1n) is 5.37. The molecule has 1 aromatic rings. The zero-order chi connectivity index (χ0) is 11.5. The summed E-state index contributed by atoms with van der Waals surface area (Å²) in [5.41, 5.74) is 0.381. The fourth-order valence-electron chi connectivity index (χ4n) is 1.96.